The van der Waals surface area contributed by atoms with Gasteiger partial charge in [0, 0.05) is 17.5 Å². The van der Waals surface area contributed by atoms with Gasteiger partial charge >= 0.3 is 0 Å². The number of rotatable bonds is 6. The van der Waals surface area contributed by atoms with E-state index in [9.17, 15) is 0 Å². The molecule has 152 valence electrons. The van der Waals surface area contributed by atoms with E-state index in [2.05, 4.69) is 34.6 Å². The van der Waals surface area contributed by atoms with E-state index in [0.29, 0.717) is 31.0 Å². The molecule has 2 N–H and O–H groups in total. The van der Waals surface area contributed by atoms with Crippen molar-refractivity contribution < 1.29 is 18.9 Å². The molecule has 0 aromatic heterocycles. The predicted molar refractivity (Wildman–Crippen MR) is 105 cm³/mol. The molecule has 0 bridgehead atoms. The zero-order valence-corrected chi connectivity index (χ0v) is 17.2. The lowest BCUT2D eigenvalue weighted by Gasteiger charge is -2.48. The second kappa shape index (κ2) is 9.01. The first-order valence-corrected chi connectivity index (χ1v) is 10.2. The standard InChI is InChI=1S/C22H35NO4/c1-13(2)14(3)18(23)11-24-21-16(5)15(4)20-19(26-21)12-25-22(27-20)17-9-7-6-8-10-17/h6-10,13-16,18-22H,11-12,23H2,1-5H3/t14-,15-,16?,18+,19?,20-,21+,22?/m1/s1. The molecule has 0 radical (unpaired) electrons. The van der Waals surface area contributed by atoms with E-state index in [4.69, 9.17) is 24.7 Å². The number of hydrogen-bond donors (Lipinski definition) is 1. The Kier molecular flexibility index (Phi) is 6.93. The highest BCUT2D eigenvalue weighted by atomic mass is 16.7. The Morgan fingerprint density at radius 2 is 1.78 bits per heavy atom. The molecule has 0 aliphatic carbocycles. The van der Waals surface area contributed by atoms with Crippen molar-refractivity contribution >= 4 is 0 Å². The summed E-state index contributed by atoms with van der Waals surface area (Å²) in [6, 6.07) is 10.1. The Labute approximate surface area is 163 Å². The monoisotopic (exact) mass is 377 g/mol. The van der Waals surface area contributed by atoms with Crippen LogP contribution in [0.2, 0.25) is 0 Å². The van der Waals surface area contributed by atoms with Crippen molar-refractivity contribution in [3.8, 4) is 0 Å². The maximum absolute atomic E-state index is 6.30. The van der Waals surface area contributed by atoms with Crippen LogP contribution in [0.25, 0.3) is 0 Å². The fourth-order valence-electron chi connectivity index (χ4n) is 3.80. The van der Waals surface area contributed by atoms with Crippen molar-refractivity contribution in [3.63, 3.8) is 0 Å². The molecule has 1 aromatic rings. The van der Waals surface area contributed by atoms with Crippen molar-refractivity contribution in [1.82, 2.24) is 0 Å². The van der Waals surface area contributed by atoms with Gasteiger partial charge in [0.25, 0.3) is 0 Å². The van der Waals surface area contributed by atoms with Crippen LogP contribution in [0.4, 0.5) is 0 Å². The molecule has 2 aliphatic heterocycles. The van der Waals surface area contributed by atoms with Crippen molar-refractivity contribution in [2.24, 2.45) is 29.4 Å². The first-order valence-electron chi connectivity index (χ1n) is 10.2. The normalized spacial score (nSPS) is 36.3. The third kappa shape index (κ3) is 4.72. The lowest BCUT2D eigenvalue weighted by molar-refractivity contribution is -0.343. The summed E-state index contributed by atoms with van der Waals surface area (Å²) in [4.78, 5) is 0. The van der Waals surface area contributed by atoms with Gasteiger partial charge in [-0.25, -0.2) is 0 Å². The van der Waals surface area contributed by atoms with Gasteiger partial charge in [-0.3, -0.25) is 0 Å². The molecule has 5 nitrogen and oxygen atoms in total. The summed E-state index contributed by atoms with van der Waals surface area (Å²) >= 11 is 0. The number of fused-ring (bicyclic) bond motifs is 1. The SMILES string of the molecule is CC(C)[C@@H](C)[C@@H](N)CO[C@H]1OC2COC(c3ccccc3)O[C@@H]2[C@H](C)C1C. The molecule has 3 rings (SSSR count). The van der Waals surface area contributed by atoms with Gasteiger partial charge in [-0.05, 0) is 17.8 Å². The van der Waals surface area contributed by atoms with Gasteiger partial charge in [0.1, 0.15) is 6.10 Å². The average molecular weight is 378 g/mol. The van der Waals surface area contributed by atoms with Gasteiger partial charge in [0.15, 0.2) is 12.6 Å². The minimum atomic E-state index is -0.330. The maximum atomic E-state index is 6.30. The molecule has 3 unspecified atom stereocenters. The summed E-state index contributed by atoms with van der Waals surface area (Å²) in [5.74, 6) is 1.47. The lowest BCUT2D eigenvalue weighted by atomic mass is 9.84. The van der Waals surface area contributed by atoms with E-state index in [1.165, 1.54) is 0 Å². The maximum Gasteiger partial charge on any atom is 0.184 e. The topological polar surface area (TPSA) is 62.9 Å². The summed E-state index contributed by atoms with van der Waals surface area (Å²) in [5.41, 5.74) is 7.34. The van der Waals surface area contributed by atoms with E-state index in [0.717, 1.165) is 5.56 Å². The quantitative estimate of drug-likeness (QED) is 0.818. The number of nitrogens with two attached hydrogens (primary N) is 1. The van der Waals surface area contributed by atoms with E-state index >= 15 is 0 Å². The summed E-state index contributed by atoms with van der Waals surface area (Å²) in [5, 5.41) is 0. The molecule has 2 heterocycles. The highest BCUT2D eigenvalue weighted by molar-refractivity contribution is 5.16. The summed E-state index contributed by atoms with van der Waals surface area (Å²) in [6.07, 6.45) is -0.711. The van der Waals surface area contributed by atoms with Crippen LogP contribution in [-0.2, 0) is 18.9 Å². The average Bonchev–Trinajstić information content (AvgIpc) is 2.69. The fourth-order valence-corrected chi connectivity index (χ4v) is 3.80. The van der Waals surface area contributed by atoms with Crippen LogP contribution in [0.5, 0.6) is 0 Å². The Bertz CT molecular complexity index is 579. The minimum Gasteiger partial charge on any atom is -0.351 e. The third-order valence-electron chi connectivity index (χ3n) is 6.40. The molecular weight excluding hydrogens is 342 g/mol. The second-order valence-electron chi connectivity index (χ2n) is 8.54. The van der Waals surface area contributed by atoms with Gasteiger partial charge in [-0.2, -0.15) is 0 Å². The second-order valence-corrected chi connectivity index (χ2v) is 8.54. The predicted octanol–water partition coefficient (Wildman–Crippen LogP) is 3.73. The fraction of sp³-hybridized carbons (Fsp3) is 0.727. The Morgan fingerprint density at radius 3 is 2.44 bits per heavy atom. The number of ether oxygens (including phenoxy) is 4. The van der Waals surface area contributed by atoms with Crippen LogP contribution in [0.15, 0.2) is 30.3 Å². The van der Waals surface area contributed by atoms with Crippen LogP contribution in [-0.4, -0.2) is 37.8 Å². The smallest absolute Gasteiger partial charge is 0.184 e. The molecule has 1 aromatic carbocycles. The summed E-state index contributed by atoms with van der Waals surface area (Å²) in [7, 11) is 0. The van der Waals surface area contributed by atoms with E-state index in [1.54, 1.807) is 0 Å². The van der Waals surface area contributed by atoms with Gasteiger partial charge in [0.05, 0.1) is 19.3 Å². The first kappa shape index (κ1) is 20.7. The Hall–Kier alpha value is -0.980. The molecule has 2 fully saturated rings. The van der Waals surface area contributed by atoms with Crippen LogP contribution >= 0.6 is 0 Å². The van der Waals surface area contributed by atoms with Crippen LogP contribution in [0.1, 0.15) is 46.5 Å². The third-order valence-corrected chi connectivity index (χ3v) is 6.40. The van der Waals surface area contributed by atoms with Crippen LogP contribution < -0.4 is 5.73 Å². The number of hydrogen-bond acceptors (Lipinski definition) is 5. The molecule has 5 heteroatoms. The molecule has 2 aliphatic rings. The van der Waals surface area contributed by atoms with E-state index < -0.39 is 0 Å². The van der Waals surface area contributed by atoms with Crippen molar-refractivity contribution in [3.05, 3.63) is 35.9 Å². The van der Waals surface area contributed by atoms with Crippen LogP contribution in [0.3, 0.4) is 0 Å². The highest BCUT2D eigenvalue weighted by Gasteiger charge is 2.46. The largest absolute Gasteiger partial charge is 0.351 e. The van der Waals surface area contributed by atoms with Crippen LogP contribution in [0, 0.1) is 23.7 Å². The molecule has 2 saturated heterocycles. The van der Waals surface area contributed by atoms with E-state index in [-0.39, 0.29) is 36.7 Å². The van der Waals surface area contributed by atoms with Crippen molar-refractivity contribution in [2.45, 2.75) is 65.4 Å². The van der Waals surface area contributed by atoms with Gasteiger partial charge < -0.3 is 24.7 Å². The lowest BCUT2D eigenvalue weighted by Crippen LogP contribution is -2.56. The van der Waals surface area contributed by atoms with Gasteiger partial charge in [-0.1, -0.05) is 65.0 Å². The number of benzene rings is 1. The van der Waals surface area contributed by atoms with Gasteiger partial charge in [0.2, 0.25) is 0 Å². The van der Waals surface area contributed by atoms with Crippen molar-refractivity contribution in [1.29, 1.82) is 0 Å². The van der Waals surface area contributed by atoms with Crippen molar-refractivity contribution in [2.75, 3.05) is 13.2 Å². The first-order chi connectivity index (χ1) is 12.9. The zero-order valence-electron chi connectivity index (χ0n) is 17.2. The molecular formula is C22H35NO4. The highest BCUT2D eigenvalue weighted by Crippen LogP contribution is 2.39. The molecule has 8 atom stereocenters. The summed E-state index contributed by atoms with van der Waals surface area (Å²) in [6.45, 7) is 12.0. The summed E-state index contributed by atoms with van der Waals surface area (Å²) < 4.78 is 24.5. The molecule has 0 amide bonds. The van der Waals surface area contributed by atoms with Gasteiger partial charge in [-0.15, -0.1) is 0 Å². The molecule has 27 heavy (non-hydrogen) atoms. The zero-order chi connectivity index (χ0) is 19.6. The Balaban J connectivity index is 1.58. The minimum absolute atomic E-state index is 0.00191. The molecule has 0 spiro atoms. The van der Waals surface area contributed by atoms with E-state index in [1.807, 2.05) is 30.3 Å². The molecule has 0 saturated carbocycles. The Morgan fingerprint density at radius 1 is 1.07 bits per heavy atom.